The number of amides is 1. The second kappa shape index (κ2) is 7.43. The van der Waals surface area contributed by atoms with E-state index in [4.69, 9.17) is 0 Å². The zero-order chi connectivity index (χ0) is 19.7. The molecule has 0 spiro atoms. The molecule has 142 valence electrons. The second-order valence-electron chi connectivity index (χ2n) is 7.39. The van der Waals surface area contributed by atoms with Gasteiger partial charge in [0.25, 0.3) is 5.56 Å². The van der Waals surface area contributed by atoms with Crippen LogP contribution in [0.1, 0.15) is 23.1 Å². The van der Waals surface area contributed by atoms with Gasteiger partial charge in [0.1, 0.15) is 6.54 Å². The molecular weight excluding hydrogens is 350 g/mol. The van der Waals surface area contributed by atoms with Gasteiger partial charge < -0.3 is 4.90 Å². The van der Waals surface area contributed by atoms with Crippen LogP contribution in [0.3, 0.4) is 0 Å². The number of anilines is 1. The predicted molar refractivity (Wildman–Crippen MR) is 111 cm³/mol. The Kier molecular flexibility index (Phi) is 4.82. The van der Waals surface area contributed by atoms with E-state index >= 15 is 0 Å². The average molecular weight is 373 g/mol. The lowest BCUT2D eigenvalue weighted by atomic mass is 9.99. The van der Waals surface area contributed by atoms with Crippen molar-refractivity contribution in [2.75, 3.05) is 11.4 Å². The van der Waals surface area contributed by atoms with Crippen LogP contribution in [0, 0.1) is 13.8 Å². The van der Waals surface area contributed by atoms with Crippen LogP contribution in [0.2, 0.25) is 0 Å². The fourth-order valence-electron chi connectivity index (χ4n) is 3.64. The molecule has 0 saturated carbocycles. The molecule has 4 rings (SSSR count). The summed E-state index contributed by atoms with van der Waals surface area (Å²) >= 11 is 0. The fourth-order valence-corrected chi connectivity index (χ4v) is 3.64. The van der Waals surface area contributed by atoms with Crippen LogP contribution in [0.15, 0.2) is 59.7 Å². The van der Waals surface area contributed by atoms with E-state index in [0.717, 1.165) is 29.7 Å². The molecule has 2 aromatic carbocycles. The molecule has 1 aliphatic rings. The zero-order valence-electron chi connectivity index (χ0n) is 16.2. The summed E-state index contributed by atoms with van der Waals surface area (Å²) in [6.45, 7) is 4.74. The second-order valence-corrected chi connectivity index (χ2v) is 7.39. The minimum atomic E-state index is -0.222. The van der Waals surface area contributed by atoms with Crippen molar-refractivity contribution in [3.8, 4) is 11.3 Å². The lowest BCUT2D eigenvalue weighted by molar-refractivity contribution is -0.119. The molecule has 0 fully saturated rings. The quantitative estimate of drug-likeness (QED) is 0.706. The minimum Gasteiger partial charge on any atom is -0.311 e. The normalized spacial score (nSPS) is 13.3. The summed E-state index contributed by atoms with van der Waals surface area (Å²) < 4.78 is 1.38. The van der Waals surface area contributed by atoms with Gasteiger partial charge in [0.2, 0.25) is 5.91 Å². The molecule has 28 heavy (non-hydrogen) atoms. The number of benzene rings is 2. The summed E-state index contributed by atoms with van der Waals surface area (Å²) in [5, 5.41) is 0. The van der Waals surface area contributed by atoms with Crippen molar-refractivity contribution in [2.24, 2.45) is 0 Å². The number of hydrogen-bond acceptors (Lipinski definition) is 3. The molecule has 0 saturated heterocycles. The Morgan fingerprint density at radius 2 is 1.79 bits per heavy atom. The zero-order valence-corrected chi connectivity index (χ0v) is 16.2. The van der Waals surface area contributed by atoms with Crippen LogP contribution in [0.4, 0.5) is 5.69 Å². The van der Waals surface area contributed by atoms with E-state index in [1.54, 1.807) is 4.90 Å². The fraction of sp³-hybridized carbons (Fsp3) is 0.261. The first-order valence-corrected chi connectivity index (χ1v) is 9.55. The van der Waals surface area contributed by atoms with Gasteiger partial charge in [0, 0.05) is 23.9 Å². The smallest absolute Gasteiger partial charge is 0.254 e. The van der Waals surface area contributed by atoms with Crippen molar-refractivity contribution in [3.63, 3.8) is 0 Å². The summed E-state index contributed by atoms with van der Waals surface area (Å²) in [7, 11) is 0. The first-order valence-electron chi connectivity index (χ1n) is 9.55. The van der Waals surface area contributed by atoms with E-state index in [-0.39, 0.29) is 18.0 Å². The van der Waals surface area contributed by atoms with Gasteiger partial charge >= 0.3 is 0 Å². The molecule has 0 atom stereocenters. The summed E-state index contributed by atoms with van der Waals surface area (Å²) in [6.07, 6.45) is 3.38. The van der Waals surface area contributed by atoms with E-state index in [9.17, 15) is 9.59 Å². The van der Waals surface area contributed by atoms with Crippen LogP contribution < -0.4 is 10.5 Å². The van der Waals surface area contributed by atoms with Crippen molar-refractivity contribution in [3.05, 3.63) is 81.9 Å². The largest absolute Gasteiger partial charge is 0.311 e. The Hall–Kier alpha value is -3.21. The molecule has 1 amide bonds. The SMILES string of the molecule is Cc1ccc(-c2cc(=O)n(CC(=O)N3CCCc4cc(C)ccc43)cn2)cc1. The number of carbonyl (C=O) groups excluding carboxylic acids is 1. The van der Waals surface area contributed by atoms with Crippen molar-refractivity contribution >= 4 is 11.6 Å². The van der Waals surface area contributed by atoms with Crippen molar-refractivity contribution in [1.29, 1.82) is 0 Å². The number of hydrogen-bond donors (Lipinski definition) is 0. The predicted octanol–water partition coefficient (Wildman–Crippen LogP) is 3.51. The van der Waals surface area contributed by atoms with E-state index in [1.807, 2.05) is 43.3 Å². The van der Waals surface area contributed by atoms with Gasteiger partial charge in [-0.15, -0.1) is 0 Å². The van der Waals surface area contributed by atoms with Crippen LogP contribution in [-0.4, -0.2) is 22.0 Å². The van der Waals surface area contributed by atoms with E-state index in [1.165, 1.54) is 28.1 Å². The van der Waals surface area contributed by atoms with Gasteiger partial charge in [-0.05, 0) is 38.3 Å². The summed E-state index contributed by atoms with van der Waals surface area (Å²) in [5.74, 6) is -0.0863. The highest BCUT2D eigenvalue weighted by Crippen LogP contribution is 2.28. The average Bonchev–Trinajstić information content (AvgIpc) is 2.69. The molecule has 0 radical (unpaired) electrons. The Morgan fingerprint density at radius 1 is 1.04 bits per heavy atom. The Balaban J connectivity index is 1.56. The maximum Gasteiger partial charge on any atom is 0.254 e. The van der Waals surface area contributed by atoms with Crippen molar-refractivity contribution in [1.82, 2.24) is 9.55 Å². The highest BCUT2D eigenvalue weighted by atomic mass is 16.2. The van der Waals surface area contributed by atoms with E-state index in [2.05, 4.69) is 18.0 Å². The Bertz CT molecular complexity index is 1080. The number of nitrogens with zero attached hydrogens (tertiary/aromatic N) is 3. The lowest BCUT2D eigenvalue weighted by Crippen LogP contribution is -2.39. The van der Waals surface area contributed by atoms with Crippen molar-refractivity contribution < 1.29 is 4.79 Å². The number of fused-ring (bicyclic) bond motifs is 1. The summed E-state index contributed by atoms with van der Waals surface area (Å²) in [6, 6.07) is 15.5. The Morgan fingerprint density at radius 3 is 2.54 bits per heavy atom. The van der Waals surface area contributed by atoms with Gasteiger partial charge in [-0.25, -0.2) is 4.98 Å². The molecule has 2 heterocycles. The standard InChI is InChI=1S/C23H23N3O2/c1-16-5-8-18(9-6-16)20-13-22(27)25(15-24-20)14-23(28)26-11-3-4-19-12-17(2)7-10-21(19)26/h5-10,12-13,15H,3-4,11,14H2,1-2H3. The minimum absolute atomic E-state index is 0.00662. The maximum absolute atomic E-state index is 12.9. The monoisotopic (exact) mass is 373 g/mol. The molecule has 3 aromatic rings. The molecule has 1 aliphatic heterocycles. The first-order chi connectivity index (χ1) is 13.5. The van der Waals surface area contributed by atoms with Crippen LogP contribution in [-0.2, 0) is 17.8 Å². The molecule has 0 aliphatic carbocycles. The maximum atomic E-state index is 12.9. The number of aryl methyl sites for hydroxylation is 3. The van der Waals surface area contributed by atoms with E-state index in [0.29, 0.717) is 12.2 Å². The summed E-state index contributed by atoms with van der Waals surface area (Å²) in [4.78, 5) is 31.6. The number of rotatable bonds is 3. The third-order valence-corrected chi connectivity index (χ3v) is 5.19. The highest BCUT2D eigenvalue weighted by Gasteiger charge is 2.23. The Labute approximate surface area is 164 Å². The summed E-state index contributed by atoms with van der Waals surface area (Å²) in [5.41, 5.74) is 5.79. The van der Waals surface area contributed by atoms with Gasteiger partial charge in [0.15, 0.2) is 0 Å². The van der Waals surface area contributed by atoms with Crippen LogP contribution in [0.25, 0.3) is 11.3 Å². The van der Waals surface area contributed by atoms with Gasteiger partial charge in [0.05, 0.1) is 12.0 Å². The first kappa shape index (κ1) is 18.2. The molecular formula is C23H23N3O2. The molecule has 1 aromatic heterocycles. The van der Waals surface area contributed by atoms with Gasteiger partial charge in [-0.2, -0.15) is 0 Å². The van der Waals surface area contributed by atoms with Crippen molar-refractivity contribution in [2.45, 2.75) is 33.2 Å². The van der Waals surface area contributed by atoms with Crippen LogP contribution >= 0.6 is 0 Å². The lowest BCUT2D eigenvalue weighted by Gasteiger charge is -2.30. The topological polar surface area (TPSA) is 55.2 Å². The number of aromatic nitrogens is 2. The number of carbonyl (C=O) groups is 1. The van der Waals surface area contributed by atoms with Gasteiger partial charge in [-0.3, -0.25) is 14.2 Å². The molecule has 5 heteroatoms. The third-order valence-electron chi connectivity index (χ3n) is 5.19. The highest BCUT2D eigenvalue weighted by molar-refractivity contribution is 5.94. The third kappa shape index (κ3) is 3.60. The molecule has 0 N–H and O–H groups in total. The molecule has 0 bridgehead atoms. The van der Waals surface area contributed by atoms with E-state index < -0.39 is 0 Å². The van der Waals surface area contributed by atoms with Crippen LogP contribution in [0.5, 0.6) is 0 Å². The molecule has 5 nitrogen and oxygen atoms in total. The van der Waals surface area contributed by atoms with Gasteiger partial charge in [-0.1, -0.05) is 47.5 Å². The molecule has 0 unspecified atom stereocenters.